The predicted molar refractivity (Wildman–Crippen MR) is 112 cm³/mol. The van der Waals surface area contributed by atoms with Gasteiger partial charge < -0.3 is 9.47 Å². The zero-order valence-electron chi connectivity index (χ0n) is 15.6. The number of nitrogens with zero attached hydrogens (tertiary/aromatic N) is 1. The molecular weight excluding hydrogens is 374 g/mol. The van der Waals surface area contributed by atoms with Crippen LogP contribution in [0.15, 0.2) is 66.1 Å². The Balaban J connectivity index is 1.80. The first-order valence-corrected chi connectivity index (χ1v) is 9.65. The Bertz CT molecular complexity index is 908. The number of amides is 2. The van der Waals surface area contributed by atoms with Gasteiger partial charge in [-0.1, -0.05) is 55.1 Å². The second kappa shape index (κ2) is 9.28. The number of carbonyl (C=O) groups excluding carboxylic acids is 2. The molecule has 0 aromatic heterocycles. The molecule has 0 aliphatic carbocycles. The largest absolute Gasteiger partial charge is 0.493 e. The maximum atomic E-state index is 12.7. The van der Waals surface area contributed by atoms with Crippen molar-refractivity contribution >= 4 is 29.0 Å². The molecule has 0 N–H and O–H groups in total. The number of thioether (sulfide) groups is 1. The highest BCUT2D eigenvalue weighted by Gasteiger charge is 2.34. The van der Waals surface area contributed by atoms with E-state index in [0.717, 1.165) is 17.3 Å². The third-order valence-electron chi connectivity index (χ3n) is 4.20. The summed E-state index contributed by atoms with van der Waals surface area (Å²) >= 11 is 0.940. The second-order valence-corrected chi connectivity index (χ2v) is 7.04. The van der Waals surface area contributed by atoms with E-state index in [1.54, 1.807) is 25.3 Å². The Morgan fingerprint density at radius 1 is 1.11 bits per heavy atom. The Hall–Kier alpha value is -2.99. The van der Waals surface area contributed by atoms with Crippen molar-refractivity contribution in [2.24, 2.45) is 0 Å². The molecule has 0 radical (unpaired) electrons. The lowest BCUT2D eigenvalue weighted by Gasteiger charge is -2.13. The molecule has 3 rings (SSSR count). The lowest BCUT2D eigenvalue weighted by Crippen LogP contribution is -2.30. The molecular formula is C22H21NO4S. The summed E-state index contributed by atoms with van der Waals surface area (Å²) in [5, 5.41) is -0.261. The highest BCUT2D eigenvalue weighted by atomic mass is 32.2. The van der Waals surface area contributed by atoms with Gasteiger partial charge in [0.25, 0.3) is 11.1 Å². The van der Waals surface area contributed by atoms with E-state index in [9.17, 15) is 9.59 Å². The normalized spacial score (nSPS) is 15.2. The summed E-state index contributed by atoms with van der Waals surface area (Å²) in [5.74, 6) is 0.781. The van der Waals surface area contributed by atoms with Crippen LogP contribution in [-0.4, -0.2) is 36.3 Å². The van der Waals surface area contributed by atoms with Gasteiger partial charge in [-0.05, 0) is 35.9 Å². The number of hydrogen-bond donors (Lipinski definition) is 0. The van der Waals surface area contributed by atoms with Crippen molar-refractivity contribution < 1.29 is 19.1 Å². The van der Waals surface area contributed by atoms with Gasteiger partial charge in [0, 0.05) is 12.1 Å². The Morgan fingerprint density at radius 3 is 2.61 bits per heavy atom. The third kappa shape index (κ3) is 4.46. The van der Waals surface area contributed by atoms with Crippen molar-refractivity contribution in [1.82, 2.24) is 4.90 Å². The van der Waals surface area contributed by atoms with Crippen LogP contribution in [0.4, 0.5) is 4.79 Å². The topological polar surface area (TPSA) is 55.8 Å². The number of ether oxygens (including phenoxy) is 2. The van der Waals surface area contributed by atoms with Gasteiger partial charge in [0.2, 0.25) is 0 Å². The first-order valence-electron chi connectivity index (χ1n) is 8.84. The molecule has 0 spiro atoms. The highest BCUT2D eigenvalue weighted by Crippen LogP contribution is 2.37. The Labute approximate surface area is 168 Å². The maximum absolute atomic E-state index is 12.7. The van der Waals surface area contributed by atoms with Crippen molar-refractivity contribution in [1.29, 1.82) is 0 Å². The molecule has 2 amide bonds. The van der Waals surface area contributed by atoms with Crippen molar-refractivity contribution in [3.63, 3.8) is 0 Å². The summed E-state index contributed by atoms with van der Waals surface area (Å²) in [4.78, 5) is 26.7. The average Bonchev–Trinajstić information content (AvgIpc) is 2.98. The van der Waals surface area contributed by atoms with Gasteiger partial charge >= 0.3 is 0 Å². The molecule has 1 fully saturated rings. The van der Waals surface area contributed by atoms with Crippen LogP contribution in [0.3, 0.4) is 0 Å². The molecule has 1 aliphatic rings. The molecule has 1 aliphatic heterocycles. The molecule has 5 nitrogen and oxygen atoms in total. The molecule has 0 bridgehead atoms. The SMILES string of the molecule is C=CCOc1c(/C=C2\SC(=O)N(CCc3ccccc3)C2=O)cccc1OC. The number of methoxy groups -OCH3 is 1. The minimum Gasteiger partial charge on any atom is -0.493 e. The highest BCUT2D eigenvalue weighted by molar-refractivity contribution is 8.18. The zero-order chi connectivity index (χ0) is 19.9. The molecule has 2 aromatic carbocycles. The minimum absolute atomic E-state index is 0.261. The average molecular weight is 395 g/mol. The van der Waals surface area contributed by atoms with Crippen LogP contribution >= 0.6 is 11.8 Å². The lowest BCUT2D eigenvalue weighted by atomic mass is 10.1. The summed E-state index contributed by atoms with van der Waals surface area (Å²) < 4.78 is 11.1. The number of hydrogen-bond acceptors (Lipinski definition) is 5. The van der Waals surface area contributed by atoms with E-state index < -0.39 is 0 Å². The Kier molecular flexibility index (Phi) is 6.55. The van der Waals surface area contributed by atoms with Gasteiger partial charge in [-0.15, -0.1) is 0 Å². The van der Waals surface area contributed by atoms with Crippen LogP contribution in [0, 0.1) is 0 Å². The van der Waals surface area contributed by atoms with Gasteiger partial charge in [-0.2, -0.15) is 0 Å². The smallest absolute Gasteiger partial charge is 0.293 e. The monoisotopic (exact) mass is 395 g/mol. The van der Waals surface area contributed by atoms with E-state index in [4.69, 9.17) is 9.47 Å². The Morgan fingerprint density at radius 2 is 1.89 bits per heavy atom. The molecule has 0 atom stereocenters. The fourth-order valence-electron chi connectivity index (χ4n) is 2.82. The standard InChI is InChI=1S/C22H21NO4S/c1-3-14-27-20-17(10-7-11-18(20)26-2)15-19-21(24)23(22(25)28-19)13-12-16-8-5-4-6-9-16/h3-11,15H,1,12-14H2,2H3/b19-15-. The van der Waals surface area contributed by atoms with Crippen LogP contribution in [0.25, 0.3) is 6.08 Å². The first kappa shape index (κ1) is 19.8. The summed E-state index contributed by atoms with van der Waals surface area (Å²) in [7, 11) is 1.55. The van der Waals surface area contributed by atoms with Crippen LogP contribution in [-0.2, 0) is 11.2 Å². The summed E-state index contributed by atoms with van der Waals surface area (Å²) in [5.41, 5.74) is 1.76. The number of imide groups is 1. The van der Waals surface area contributed by atoms with Gasteiger partial charge in [0.1, 0.15) is 6.61 Å². The van der Waals surface area contributed by atoms with E-state index in [-0.39, 0.29) is 11.1 Å². The molecule has 0 unspecified atom stereocenters. The van der Waals surface area contributed by atoms with E-state index >= 15 is 0 Å². The van der Waals surface area contributed by atoms with E-state index in [1.807, 2.05) is 42.5 Å². The molecule has 6 heteroatoms. The van der Waals surface area contributed by atoms with Crippen molar-refractivity contribution in [2.75, 3.05) is 20.3 Å². The van der Waals surface area contributed by atoms with Crippen molar-refractivity contribution in [3.8, 4) is 11.5 Å². The fraction of sp³-hybridized carbons (Fsp3) is 0.182. The predicted octanol–water partition coefficient (Wildman–Crippen LogP) is 4.54. The molecule has 1 saturated heterocycles. The summed E-state index contributed by atoms with van der Waals surface area (Å²) in [6, 6.07) is 15.2. The van der Waals surface area contributed by atoms with Gasteiger partial charge in [-0.3, -0.25) is 14.5 Å². The fourth-order valence-corrected chi connectivity index (χ4v) is 3.68. The van der Waals surface area contributed by atoms with Crippen molar-refractivity contribution in [2.45, 2.75) is 6.42 Å². The quantitative estimate of drug-likeness (QED) is 0.485. The number of benzene rings is 2. The number of para-hydroxylation sites is 1. The van der Waals surface area contributed by atoms with Crippen molar-refractivity contribution in [3.05, 3.63) is 77.2 Å². The molecule has 0 saturated carbocycles. The molecule has 144 valence electrons. The second-order valence-electron chi connectivity index (χ2n) is 6.05. The molecule has 28 heavy (non-hydrogen) atoms. The van der Waals surface area contributed by atoms with E-state index in [1.165, 1.54) is 4.90 Å². The maximum Gasteiger partial charge on any atom is 0.293 e. The first-order chi connectivity index (χ1) is 13.6. The van der Waals surface area contributed by atoms with E-state index in [0.29, 0.717) is 41.5 Å². The van der Waals surface area contributed by atoms with Gasteiger partial charge in [0.05, 0.1) is 12.0 Å². The molecule has 1 heterocycles. The van der Waals surface area contributed by atoms with Crippen LogP contribution in [0.2, 0.25) is 0 Å². The zero-order valence-corrected chi connectivity index (χ0v) is 16.4. The lowest BCUT2D eigenvalue weighted by molar-refractivity contribution is -0.122. The third-order valence-corrected chi connectivity index (χ3v) is 5.11. The summed E-state index contributed by atoms with van der Waals surface area (Å²) in [6.07, 6.45) is 3.93. The minimum atomic E-state index is -0.288. The summed E-state index contributed by atoms with van der Waals surface area (Å²) in [6.45, 7) is 4.31. The molecule has 2 aromatic rings. The number of rotatable bonds is 8. The van der Waals surface area contributed by atoms with Crippen LogP contribution in [0.5, 0.6) is 11.5 Å². The number of carbonyl (C=O) groups is 2. The van der Waals surface area contributed by atoms with Gasteiger partial charge in [0.15, 0.2) is 11.5 Å². The van der Waals surface area contributed by atoms with Gasteiger partial charge in [-0.25, -0.2) is 0 Å². The van der Waals surface area contributed by atoms with Crippen LogP contribution in [0.1, 0.15) is 11.1 Å². The van der Waals surface area contributed by atoms with Crippen LogP contribution < -0.4 is 9.47 Å². The van der Waals surface area contributed by atoms with E-state index in [2.05, 4.69) is 6.58 Å².